The van der Waals surface area contributed by atoms with Crippen LogP contribution in [0.4, 0.5) is 0 Å². The third-order valence-corrected chi connectivity index (χ3v) is 11.0. The van der Waals surface area contributed by atoms with Crippen molar-refractivity contribution in [3.05, 3.63) is 71.9 Å². The molecule has 2 saturated heterocycles. The molecule has 6 atom stereocenters. The largest absolute Gasteiger partial charge is 0.391 e. The molecule has 3 aromatic rings. The Kier molecular flexibility index (Phi) is 12.2. The van der Waals surface area contributed by atoms with Crippen LogP contribution < -0.4 is 26.6 Å². The fraction of sp³-hybridized carbons (Fsp3) is 0.512. The highest BCUT2D eigenvalue weighted by Crippen LogP contribution is 2.48. The maximum Gasteiger partial charge on any atom is 0.245 e. The number of aliphatic hydroxyl groups excluding tert-OH is 1. The van der Waals surface area contributed by atoms with Gasteiger partial charge in [0.25, 0.3) is 0 Å². The van der Waals surface area contributed by atoms with Gasteiger partial charge in [0.05, 0.1) is 11.5 Å². The monoisotopic (exact) mass is 755 g/mol. The maximum absolute atomic E-state index is 14.2. The highest BCUT2D eigenvalue weighted by molar-refractivity contribution is 5.98. The molecule has 6 amide bonds. The van der Waals surface area contributed by atoms with Gasteiger partial charge < -0.3 is 41.6 Å². The zero-order valence-electron chi connectivity index (χ0n) is 31.7. The predicted octanol–water partition coefficient (Wildman–Crippen LogP) is 1.71. The summed E-state index contributed by atoms with van der Waals surface area (Å²) in [6.45, 7) is 5.52. The number of carbonyl (C=O) groups excluding carboxylic acids is 6. The summed E-state index contributed by atoms with van der Waals surface area (Å²) in [6.07, 6.45) is 3.68. The number of benzene rings is 2. The van der Waals surface area contributed by atoms with Crippen LogP contribution in [-0.2, 0) is 40.6 Å². The van der Waals surface area contributed by atoms with Gasteiger partial charge in [-0.1, -0.05) is 62.4 Å². The van der Waals surface area contributed by atoms with Gasteiger partial charge in [-0.15, -0.1) is 0 Å². The summed E-state index contributed by atoms with van der Waals surface area (Å²) in [5.41, 5.74) is 1.75. The van der Waals surface area contributed by atoms with Crippen LogP contribution in [0.1, 0.15) is 76.8 Å². The molecule has 14 nitrogen and oxygen atoms in total. The number of fused-ring (bicyclic) bond motifs is 2. The Morgan fingerprint density at radius 3 is 2.33 bits per heavy atom. The van der Waals surface area contributed by atoms with E-state index in [1.165, 1.54) is 11.8 Å². The number of carbonyl (C=O) groups is 6. The molecule has 2 aromatic carbocycles. The van der Waals surface area contributed by atoms with Gasteiger partial charge in [-0.05, 0) is 68.6 Å². The van der Waals surface area contributed by atoms with Gasteiger partial charge in [-0.2, -0.15) is 0 Å². The molecule has 6 rings (SSSR count). The molecule has 3 aliphatic rings. The Bertz CT molecular complexity index is 1890. The van der Waals surface area contributed by atoms with Gasteiger partial charge in [0.2, 0.25) is 35.4 Å². The van der Waals surface area contributed by atoms with Crippen molar-refractivity contribution in [2.45, 2.75) is 114 Å². The minimum atomic E-state index is -1.16. The van der Waals surface area contributed by atoms with Gasteiger partial charge in [0, 0.05) is 43.0 Å². The summed E-state index contributed by atoms with van der Waals surface area (Å²) in [6, 6.07) is 11.8. The zero-order valence-corrected chi connectivity index (χ0v) is 31.7. The van der Waals surface area contributed by atoms with Crippen molar-refractivity contribution in [1.29, 1.82) is 0 Å². The number of hydrogen-bond acceptors (Lipinski definition) is 7. The number of hydrogen-bond donors (Lipinski definition) is 7. The molecule has 294 valence electrons. The van der Waals surface area contributed by atoms with Crippen LogP contribution in [0.3, 0.4) is 0 Å². The lowest BCUT2D eigenvalue weighted by Gasteiger charge is -2.30. The summed E-state index contributed by atoms with van der Waals surface area (Å²) in [4.78, 5) is 87.7. The average molecular weight is 756 g/mol. The number of rotatable bonds is 7. The van der Waals surface area contributed by atoms with E-state index < -0.39 is 71.3 Å². The highest BCUT2D eigenvalue weighted by Gasteiger charge is 2.52. The van der Waals surface area contributed by atoms with Gasteiger partial charge in [-0.25, -0.2) is 0 Å². The number of aromatic nitrogens is 1. The van der Waals surface area contributed by atoms with Crippen molar-refractivity contribution < 1.29 is 33.9 Å². The Labute approximate surface area is 320 Å². The van der Waals surface area contributed by atoms with E-state index in [-0.39, 0.29) is 50.6 Å². The normalized spacial score (nSPS) is 26.9. The van der Waals surface area contributed by atoms with E-state index in [0.29, 0.717) is 25.7 Å². The molecule has 14 heteroatoms. The Morgan fingerprint density at radius 1 is 0.891 bits per heavy atom. The summed E-state index contributed by atoms with van der Waals surface area (Å²) in [5, 5.41) is 25.7. The van der Waals surface area contributed by atoms with Crippen LogP contribution in [-0.4, -0.2) is 99.8 Å². The first kappa shape index (κ1) is 39.5. The van der Waals surface area contributed by atoms with Crippen LogP contribution in [0.5, 0.6) is 0 Å². The molecule has 3 heterocycles. The van der Waals surface area contributed by atoms with Gasteiger partial charge in [0.1, 0.15) is 30.2 Å². The van der Waals surface area contributed by atoms with Crippen LogP contribution >= 0.6 is 0 Å². The lowest BCUT2D eigenvalue weighted by molar-refractivity contribution is -0.142. The fourth-order valence-corrected chi connectivity index (χ4v) is 7.77. The molecule has 1 saturated carbocycles. The average Bonchev–Trinajstić information content (AvgIpc) is 3.75. The van der Waals surface area contributed by atoms with Crippen molar-refractivity contribution >= 4 is 46.3 Å². The second kappa shape index (κ2) is 17.1. The lowest BCUT2D eigenvalue weighted by atomic mass is 9.94. The fourth-order valence-electron chi connectivity index (χ4n) is 7.77. The van der Waals surface area contributed by atoms with Crippen molar-refractivity contribution in [3.63, 3.8) is 0 Å². The molecule has 1 aliphatic carbocycles. The molecule has 3 fully saturated rings. The van der Waals surface area contributed by atoms with Crippen LogP contribution in [0.15, 0.2) is 60.8 Å². The standard InChI is InChI=1S/C41H53N7O7/c1-24(2)19-33-39(54)48-23-28(49)21-34(48)38(53)42-18-10-9-15-31(47-40(55)41(16-17-41)27-11-5-4-6-12-27)36(51)44-25(3)35(50)45-32(37(52)46-33)20-26-22-43-30-14-8-7-13-29(26)30/h4-8,11-14,22,24-25,28,31-34,43,49H,9-10,15-21,23H2,1-3H3,(H,42,53)(H,44,51)(H,45,50)(H,46,52)(H,47,55)/t25-,28-,31+,32+,33-,34+/m1/s1. The van der Waals surface area contributed by atoms with Crippen LogP contribution in [0, 0.1) is 5.92 Å². The van der Waals surface area contributed by atoms with E-state index in [9.17, 15) is 33.9 Å². The SMILES string of the molecule is CC(C)C[C@H]1NC(=O)[C@H](Cc2c[nH]c3ccccc23)NC(=O)[C@@H](C)NC(=O)[C@@H](NC(=O)C2(c3ccccc3)CC2)CCCCNC(=O)[C@@H]2C[C@@H](O)CN2C1=O. The lowest BCUT2D eigenvalue weighted by Crippen LogP contribution is -2.59. The Balaban J connectivity index is 1.28. The molecule has 2 aliphatic heterocycles. The maximum atomic E-state index is 14.2. The third kappa shape index (κ3) is 9.18. The van der Waals surface area contributed by atoms with Crippen molar-refractivity contribution in [2.75, 3.05) is 13.1 Å². The Morgan fingerprint density at radius 2 is 1.60 bits per heavy atom. The number of nitrogens with zero attached hydrogens (tertiary/aromatic N) is 1. The van der Waals surface area contributed by atoms with Gasteiger partial charge in [-0.3, -0.25) is 28.8 Å². The number of H-pyrrole nitrogens is 1. The molecule has 0 spiro atoms. The van der Waals surface area contributed by atoms with Gasteiger partial charge >= 0.3 is 0 Å². The molecule has 55 heavy (non-hydrogen) atoms. The minimum Gasteiger partial charge on any atom is -0.391 e. The first-order valence-electron chi connectivity index (χ1n) is 19.4. The quantitative estimate of drug-likeness (QED) is 0.190. The van der Waals surface area contributed by atoms with E-state index in [1.807, 2.05) is 68.4 Å². The number of aromatic amines is 1. The predicted molar refractivity (Wildman–Crippen MR) is 205 cm³/mol. The Hall–Kier alpha value is -5.24. The number of amides is 6. The second-order valence-corrected chi connectivity index (χ2v) is 15.7. The molecular weight excluding hydrogens is 702 g/mol. The van der Waals surface area contributed by atoms with Crippen molar-refractivity contribution in [1.82, 2.24) is 36.5 Å². The second-order valence-electron chi connectivity index (χ2n) is 15.7. The summed E-state index contributed by atoms with van der Waals surface area (Å²) in [5.74, 6) is -2.98. The molecule has 0 bridgehead atoms. The van der Waals surface area contributed by atoms with E-state index >= 15 is 0 Å². The molecule has 0 unspecified atom stereocenters. The van der Waals surface area contributed by atoms with Crippen LogP contribution in [0.2, 0.25) is 0 Å². The smallest absolute Gasteiger partial charge is 0.245 e. The van der Waals surface area contributed by atoms with E-state index in [2.05, 4.69) is 31.6 Å². The summed E-state index contributed by atoms with van der Waals surface area (Å²) in [7, 11) is 0. The summed E-state index contributed by atoms with van der Waals surface area (Å²) < 4.78 is 0. The highest BCUT2D eigenvalue weighted by atomic mass is 16.3. The van der Waals surface area contributed by atoms with Crippen LogP contribution in [0.25, 0.3) is 10.9 Å². The van der Waals surface area contributed by atoms with E-state index in [0.717, 1.165) is 22.0 Å². The molecular formula is C41H53N7O7. The first-order chi connectivity index (χ1) is 26.4. The van der Waals surface area contributed by atoms with E-state index in [1.54, 1.807) is 6.20 Å². The number of aliphatic hydroxyl groups is 1. The molecule has 7 N–H and O–H groups in total. The first-order valence-corrected chi connectivity index (χ1v) is 19.4. The topological polar surface area (TPSA) is 202 Å². The zero-order chi connectivity index (χ0) is 39.3. The van der Waals surface area contributed by atoms with Crippen molar-refractivity contribution in [2.24, 2.45) is 5.92 Å². The van der Waals surface area contributed by atoms with Gasteiger partial charge in [0.15, 0.2) is 0 Å². The number of para-hydroxylation sites is 1. The molecule has 0 radical (unpaired) electrons. The van der Waals surface area contributed by atoms with Crippen molar-refractivity contribution in [3.8, 4) is 0 Å². The minimum absolute atomic E-state index is 0.0246. The van der Waals surface area contributed by atoms with E-state index in [4.69, 9.17) is 0 Å². The third-order valence-electron chi connectivity index (χ3n) is 11.0. The molecule has 1 aromatic heterocycles. The summed E-state index contributed by atoms with van der Waals surface area (Å²) >= 11 is 0. The number of nitrogens with one attached hydrogen (secondary N) is 6.